The van der Waals surface area contributed by atoms with Gasteiger partial charge in [-0.05, 0) is 44.2 Å². The van der Waals surface area contributed by atoms with E-state index in [9.17, 15) is 4.79 Å². The van der Waals surface area contributed by atoms with Gasteiger partial charge in [0.15, 0.2) is 5.16 Å². The van der Waals surface area contributed by atoms with Crippen LogP contribution in [0.2, 0.25) is 0 Å². The molecule has 0 spiro atoms. The van der Waals surface area contributed by atoms with Crippen molar-refractivity contribution < 1.29 is 4.79 Å². The normalized spacial score (nSPS) is 10.5. The molecular weight excluding hydrogens is 322 g/mol. The summed E-state index contributed by atoms with van der Waals surface area (Å²) in [7, 11) is 0. The topological polar surface area (TPSA) is 79.8 Å². The van der Waals surface area contributed by atoms with Crippen molar-refractivity contribution in [2.75, 3.05) is 24.7 Å². The molecule has 6 nitrogen and oxygen atoms in total. The fourth-order valence-corrected chi connectivity index (χ4v) is 2.80. The molecule has 0 unspecified atom stereocenters. The number of aryl methyl sites for hydroxylation is 2. The van der Waals surface area contributed by atoms with Gasteiger partial charge in [0.05, 0.1) is 0 Å². The third-order valence-corrected chi connectivity index (χ3v) is 4.15. The molecule has 0 atom stereocenters. The molecular formula is C17H23N5OS. The number of carbonyl (C=O) groups is 1. The molecule has 0 bridgehead atoms. The van der Waals surface area contributed by atoms with Gasteiger partial charge in [-0.3, -0.25) is 4.79 Å². The Balaban J connectivity index is 1.73. The van der Waals surface area contributed by atoms with Crippen molar-refractivity contribution in [3.63, 3.8) is 0 Å². The molecule has 7 heteroatoms. The maximum atomic E-state index is 12.0. The van der Waals surface area contributed by atoms with Crippen molar-refractivity contribution in [2.45, 2.75) is 31.8 Å². The molecule has 0 radical (unpaired) electrons. The third kappa shape index (κ3) is 5.49. The van der Waals surface area contributed by atoms with Crippen LogP contribution in [0.1, 0.15) is 23.4 Å². The summed E-state index contributed by atoms with van der Waals surface area (Å²) in [5.74, 6) is 0.842. The van der Waals surface area contributed by atoms with Gasteiger partial charge in [0.2, 0.25) is 5.91 Å². The lowest BCUT2D eigenvalue weighted by molar-refractivity contribution is -0.120. The molecule has 0 aliphatic heterocycles. The van der Waals surface area contributed by atoms with Crippen molar-refractivity contribution in [1.82, 2.24) is 20.3 Å². The summed E-state index contributed by atoms with van der Waals surface area (Å²) < 4.78 is 0. The van der Waals surface area contributed by atoms with Crippen molar-refractivity contribution in [1.29, 1.82) is 0 Å². The summed E-state index contributed by atoms with van der Waals surface area (Å²) in [5, 5.41) is 6.84. The highest BCUT2D eigenvalue weighted by Gasteiger charge is 2.10. The number of rotatable bonds is 8. The van der Waals surface area contributed by atoms with Gasteiger partial charge < -0.3 is 10.6 Å². The molecule has 0 saturated heterocycles. The Morgan fingerprint density at radius 2 is 1.92 bits per heavy atom. The van der Waals surface area contributed by atoms with Crippen LogP contribution in [0.4, 0.5) is 5.82 Å². The lowest BCUT2D eigenvalue weighted by atomic mass is 10.1. The van der Waals surface area contributed by atoms with Gasteiger partial charge in [0.25, 0.3) is 0 Å². The summed E-state index contributed by atoms with van der Waals surface area (Å²) in [5.41, 5.74) is 2.97. The van der Waals surface area contributed by atoms with Crippen LogP contribution < -0.4 is 10.6 Å². The van der Waals surface area contributed by atoms with E-state index in [1.54, 1.807) is 6.20 Å². The van der Waals surface area contributed by atoms with E-state index in [2.05, 4.69) is 25.6 Å². The van der Waals surface area contributed by atoms with Crippen molar-refractivity contribution in [3.8, 4) is 0 Å². The standard InChI is InChI=1S/C17H23N5OS/c1-12-14(13(2)22-17(21-12)24-3)7-8-16(23)20-11-10-19-15-6-4-5-9-18-15/h4-6,9H,7-8,10-11H2,1-3H3,(H,18,19)(H,20,23). The van der Waals surface area contributed by atoms with Gasteiger partial charge in [-0.1, -0.05) is 17.8 Å². The van der Waals surface area contributed by atoms with E-state index >= 15 is 0 Å². The summed E-state index contributed by atoms with van der Waals surface area (Å²) in [6.07, 6.45) is 4.79. The fraction of sp³-hybridized carbons (Fsp3) is 0.412. The molecule has 2 rings (SSSR count). The van der Waals surface area contributed by atoms with Crippen molar-refractivity contribution in [2.24, 2.45) is 0 Å². The number of amides is 1. The average Bonchev–Trinajstić information content (AvgIpc) is 2.58. The molecule has 1 amide bonds. The Kier molecular flexibility index (Phi) is 6.99. The molecule has 0 saturated carbocycles. The molecule has 2 aromatic heterocycles. The molecule has 0 aromatic carbocycles. The molecule has 2 aromatic rings. The largest absolute Gasteiger partial charge is 0.368 e. The number of pyridine rings is 1. The van der Waals surface area contributed by atoms with Crippen LogP contribution in [0, 0.1) is 13.8 Å². The highest BCUT2D eigenvalue weighted by molar-refractivity contribution is 7.98. The third-order valence-electron chi connectivity index (χ3n) is 3.60. The van der Waals surface area contributed by atoms with Crippen LogP contribution in [0.5, 0.6) is 0 Å². The van der Waals surface area contributed by atoms with Gasteiger partial charge in [0.1, 0.15) is 5.82 Å². The van der Waals surface area contributed by atoms with E-state index in [1.807, 2.05) is 38.3 Å². The Bertz CT molecular complexity index is 655. The highest BCUT2D eigenvalue weighted by atomic mass is 32.2. The van der Waals surface area contributed by atoms with Crippen molar-refractivity contribution in [3.05, 3.63) is 41.3 Å². The first-order valence-corrected chi connectivity index (χ1v) is 9.12. The monoisotopic (exact) mass is 345 g/mol. The first-order valence-electron chi connectivity index (χ1n) is 7.90. The molecule has 0 aliphatic carbocycles. The predicted molar refractivity (Wildman–Crippen MR) is 97.3 cm³/mol. The van der Waals surface area contributed by atoms with Gasteiger partial charge in [-0.2, -0.15) is 0 Å². The second kappa shape index (κ2) is 9.22. The SMILES string of the molecule is CSc1nc(C)c(CCC(=O)NCCNc2ccccn2)c(C)n1. The van der Waals surface area contributed by atoms with Crippen LogP contribution in [0.3, 0.4) is 0 Å². The van der Waals surface area contributed by atoms with Gasteiger partial charge in [-0.25, -0.2) is 15.0 Å². The number of nitrogens with one attached hydrogen (secondary N) is 2. The van der Waals surface area contributed by atoms with Gasteiger partial charge in [-0.15, -0.1) is 0 Å². The Morgan fingerprint density at radius 1 is 1.17 bits per heavy atom. The van der Waals surface area contributed by atoms with E-state index in [1.165, 1.54) is 11.8 Å². The highest BCUT2D eigenvalue weighted by Crippen LogP contribution is 2.16. The molecule has 24 heavy (non-hydrogen) atoms. The number of hydrogen-bond acceptors (Lipinski definition) is 6. The van der Waals surface area contributed by atoms with E-state index in [-0.39, 0.29) is 5.91 Å². The zero-order valence-electron chi connectivity index (χ0n) is 14.3. The zero-order valence-corrected chi connectivity index (χ0v) is 15.1. The van der Waals surface area contributed by atoms with Crippen LogP contribution in [-0.4, -0.2) is 40.2 Å². The maximum absolute atomic E-state index is 12.0. The lowest BCUT2D eigenvalue weighted by Gasteiger charge is -2.10. The number of nitrogens with zero attached hydrogens (tertiary/aromatic N) is 3. The Morgan fingerprint density at radius 3 is 2.54 bits per heavy atom. The van der Waals surface area contributed by atoms with E-state index in [4.69, 9.17) is 0 Å². The second-order valence-electron chi connectivity index (χ2n) is 5.35. The number of carbonyl (C=O) groups excluding carboxylic acids is 1. The molecule has 128 valence electrons. The van der Waals surface area contributed by atoms with Crippen LogP contribution in [0.15, 0.2) is 29.6 Å². The van der Waals surface area contributed by atoms with Gasteiger partial charge in [0, 0.05) is 37.1 Å². The minimum absolute atomic E-state index is 0.0329. The van der Waals surface area contributed by atoms with E-state index < -0.39 is 0 Å². The number of aromatic nitrogens is 3. The predicted octanol–water partition coefficient (Wildman–Crippen LogP) is 2.37. The minimum Gasteiger partial charge on any atom is -0.368 e. The first kappa shape index (κ1) is 18.2. The summed E-state index contributed by atoms with van der Waals surface area (Å²) in [4.78, 5) is 25.0. The van der Waals surface area contributed by atoms with Crippen LogP contribution in [-0.2, 0) is 11.2 Å². The Hall–Kier alpha value is -2.15. The van der Waals surface area contributed by atoms with E-state index in [0.717, 1.165) is 27.9 Å². The first-order chi connectivity index (χ1) is 11.6. The molecule has 2 heterocycles. The van der Waals surface area contributed by atoms with Gasteiger partial charge >= 0.3 is 0 Å². The van der Waals surface area contributed by atoms with Crippen molar-refractivity contribution >= 4 is 23.5 Å². The summed E-state index contributed by atoms with van der Waals surface area (Å²) in [6.45, 7) is 5.15. The quantitative estimate of drug-likeness (QED) is 0.434. The number of thioether (sulfide) groups is 1. The number of hydrogen-bond donors (Lipinski definition) is 2. The fourth-order valence-electron chi connectivity index (χ4n) is 2.35. The zero-order chi connectivity index (χ0) is 17.4. The molecule has 0 aliphatic rings. The van der Waals surface area contributed by atoms with Crippen LogP contribution >= 0.6 is 11.8 Å². The summed E-state index contributed by atoms with van der Waals surface area (Å²) in [6, 6.07) is 5.68. The smallest absolute Gasteiger partial charge is 0.220 e. The molecule has 2 N–H and O–H groups in total. The lowest BCUT2D eigenvalue weighted by Crippen LogP contribution is -2.29. The van der Waals surface area contributed by atoms with Crippen LogP contribution in [0.25, 0.3) is 0 Å². The summed E-state index contributed by atoms with van der Waals surface area (Å²) >= 11 is 1.53. The minimum atomic E-state index is 0.0329. The average molecular weight is 345 g/mol. The maximum Gasteiger partial charge on any atom is 0.220 e. The van der Waals surface area contributed by atoms with E-state index in [0.29, 0.717) is 25.9 Å². The number of anilines is 1. The Labute approximate surface area is 146 Å². The second-order valence-corrected chi connectivity index (χ2v) is 6.12. The molecule has 0 fully saturated rings.